The zero-order valence-corrected chi connectivity index (χ0v) is 19.5. The van der Waals surface area contributed by atoms with Crippen molar-refractivity contribution in [2.45, 2.75) is 30.1 Å². The molecule has 0 bridgehead atoms. The molecular formula is C24H22FN7O2S. The minimum absolute atomic E-state index is 0.149. The van der Waals surface area contributed by atoms with Gasteiger partial charge in [0.1, 0.15) is 17.3 Å². The Morgan fingerprint density at radius 2 is 2.00 bits per heavy atom. The summed E-state index contributed by atoms with van der Waals surface area (Å²) in [6.45, 7) is 1.44. The van der Waals surface area contributed by atoms with Crippen LogP contribution < -0.4 is 10.2 Å². The highest BCUT2D eigenvalue weighted by atomic mass is 32.2. The number of anilines is 3. The second-order valence-electron chi connectivity index (χ2n) is 8.54. The standard InChI is InChI=1S/C24H22FN7O2S/c25-17-4-1-5-18(13-17)27-22-20-19(8-12-35(20)33)28-24(30-22)32-10-6-15(7-11-32)23-29-21(31-34-23)16-3-2-9-26-14-16/h1-5,9,13-15H,6-8,10-12H2,(H,27,28,30). The van der Waals surface area contributed by atoms with Gasteiger partial charge < -0.3 is 19.3 Å². The predicted molar refractivity (Wildman–Crippen MR) is 128 cm³/mol. The highest BCUT2D eigenvalue weighted by molar-refractivity contribution is 7.91. The first-order valence-corrected chi connectivity index (χ1v) is 12.8. The van der Waals surface area contributed by atoms with Crippen molar-refractivity contribution >= 4 is 28.6 Å². The molecule has 0 radical (unpaired) electrons. The van der Waals surface area contributed by atoms with E-state index in [0.717, 1.165) is 37.2 Å². The number of halogens is 1. The van der Waals surface area contributed by atoms with Crippen LogP contribution in [0.4, 0.5) is 21.8 Å². The van der Waals surface area contributed by atoms with Gasteiger partial charge >= 0.3 is 0 Å². The Bertz CT molecular complexity index is 1340. The van der Waals surface area contributed by atoms with Gasteiger partial charge in [0.2, 0.25) is 22.6 Å². The minimum Gasteiger partial charge on any atom is -0.611 e. The molecule has 2 aliphatic rings. The lowest BCUT2D eigenvalue weighted by atomic mass is 9.97. The molecule has 1 atom stereocenters. The van der Waals surface area contributed by atoms with Gasteiger partial charge in [-0.25, -0.2) is 9.37 Å². The van der Waals surface area contributed by atoms with Crippen molar-refractivity contribution in [1.82, 2.24) is 25.1 Å². The van der Waals surface area contributed by atoms with Crippen LogP contribution in [0.2, 0.25) is 0 Å². The first kappa shape index (κ1) is 21.9. The van der Waals surface area contributed by atoms with Crippen LogP contribution >= 0.6 is 0 Å². The van der Waals surface area contributed by atoms with Crippen LogP contribution in [0.3, 0.4) is 0 Å². The Labute approximate surface area is 204 Å². The number of hydrogen-bond donors (Lipinski definition) is 1. The van der Waals surface area contributed by atoms with E-state index >= 15 is 0 Å². The molecular weight excluding hydrogens is 469 g/mol. The lowest BCUT2D eigenvalue weighted by Crippen LogP contribution is -2.34. The van der Waals surface area contributed by atoms with Crippen molar-refractivity contribution in [3.8, 4) is 11.4 Å². The topological polar surface area (TPSA) is 116 Å². The predicted octanol–water partition coefficient (Wildman–Crippen LogP) is 3.85. The number of piperidine rings is 1. The molecule has 1 unspecified atom stereocenters. The van der Waals surface area contributed by atoms with Crippen LogP contribution in [0, 0.1) is 5.82 Å². The van der Waals surface area contributed by atoms with Crippen molar-refractivity contribution in [2.24, 2.45) is 0 Å². The number of benzene rings is 1. The third-order valence-corrected chi connectivity index (χ3v) is 7.71. The molecule has 0 aliphatic carbocycles. The average Bonchev–Trinajstić information content (AvgIpc) is 3.52. The van der Waals surface area contributed by atoms with E-state index in [4.69, 9.17) is 14.5 Å². The Morgan fingerprint density at radius 1 is 1.11 bits per heavy atom. The van der Waals surface area contributed by atoms with E-state index in [0.29, 0.717) is 46.2 Å². The molecule has 178 valence electrons. The van der Waals surface area contributed by atoms with Gasteiger partial charge in [0, 0.05) is 49.1 Å². The molecule has 0 amide bonds. The fourth-order valence-corrected chi connectivity index (χ4v) is 5.76. The van der Waals surface area contributed by atoms with Crippen LogP contribution in [-0.2, 0) is 17.6 Å². The Kier molecular flexibility index (Phi) is 5.78. The van der Waals surface area contributed by atoms with Crippen LogP contribution in [0.15, 0.2) is 58.2 Å². The smallest absolute Gasteiger partial charge is 0.230 e. The normalized spacial score (nSPS) is 18.0. The van der Waals surface area contributed by atoms with Gasteiger partial charge in [-0.1, -0.05) is 11.2 Å². The van der Waals surface area contributed by atoms with Crippen LogP contribution in [0.5, 0.6) is 0 Å². The molecule has 4 aromatic rings. The Morgan fingerprint density at radius 3 is 2.80 bits per heavy atom. The maximum atomic E-state index is 13.7. The second kappa shape index (κ2) is 9.23. The summed E-state index contributed by atoms with van der Waals surface area (Å²) in [5.74, 6) is 2.55. The van der Waals surface area contributed by atoms with Crippen molar-refractivity contribution < 1.29 is 13.5 Å². The number of rotatable bonds is 5. The SMILES string of the molecule is [O-][S+]1CCc2nc(N3CCC(c4nc(-c5cccnc5)no4)CC3)nc(Nc3cccc(F)c3)c21. The van der Waals surface area contributed by atoms with Gasteiger partial charge in [0.25, 0.3) is 0 Å². The molecule has 35 heavy (non-hydrogen) atoms. The maximum Gasteiger partial charge on any atom is 0.230 e. The largest absolute Gasteiger partial charge is 0.611 e. The van der Waals surface area contributed by atoms with Crippen molar-refractivity contribution in [3.05, 3.63) is 66.2 Å². The summed E-state index contributed by atoms with van der Waals surface area (Å²) in [7, 11) is 0. The summed E-state index contributed by atoms with van der Waals surface area (Å²) in [4.78, 5) is 20.9. The number of nitrogens with zero attached hydrogens (tertiary/aromatic N) is 6. The summed E-state index contributed by atoms with van der Waals surface area (Å²) < 4.78 is 31.9. The van der Waals surface area contributed by atoms with Gasteiger partial charge in [0.15, 0.2) is 5.82 Å². The molecule has 1 fully saturated rings. The zero-order chi connectivity index (χ0) is 23.8. The second-order valence-corrected chi connectivity index (χ2v) is 10.0. The van der Waals surface area contributed by atoms with Gasteiger partial charge in [-0.05, 0) is 54.3 Å². The molecule has 2 aliphatic heterocycles. The Balaban J connectivity index is 1.20. The molecule has 3 aromatic heterocycles. The van der Waals surface area contributed by atoms with Crippen LogP contribution in [0.25, 0.3) is 11.4 Å². The van der Waals surface area contributed by atoms with E-state index in [1.54, 1.807) is 24.5 Å². The highest BCUT2D eigenvalue weighted by Crippen LogP contribution is 2.35. The third-order valence-electron chi connectivity index (χ3n) is 6.25. The van der Waals surface area contributed by atoms with Crippen molar-refractivity contribution in [2.75, 3.05) is 29.1 Å². The van der Waals surface area contributed by atoms with E-state index in [9.17, 15) is 8.94 Å². The summed E-state index contributed by atoms with van der Waals surface area (Å²) in [5.41, 5.74) is 2.16. The maximum absolute atomic E-state index is 13.7. The molecule has 5 heterocycles. The molecule has 1 aromatic carbocycles. The van der Waals surface area contributed by atoms with Gasteiger partial charge in [-0.15, -0.1) is 0 Å². The van der Waals surface area contributed by atoms with Crippen molar-refractivity contribution in [1.29, 1.82) is 0 Å². The lowest BCUT2D eigenvalue weighted by molar-refractivity contribution is 0.329. The molecule has 0 spiro atoms. The molecule has 1 N–H and O–H groups in total. The van der Waals surface area contributed by atoms with Gasteiger partial charge in [-0.3, -0.25) is 4.98 Å². The number of aromatic nitrogens is 5. The Hall–Kier alpha value is -3.57. The highest BCUT2D eigenvalue weighted by Gasteiger charge is 2.34. The molecule has 11 heteroatoms. The zero-order valence-electron chi connectivity index (χ0n) is 18.7. The number of pyridine rings is 1. The van der Waals surface area contributed by atoms with E-state index in [1.807, 2.05) is 12.1 Å². The molecule has 1 saturated heterocycles. The van der Waals surface area contributed by atoms with E-state index < -0.39 is 11.2 Å². The molecule has 6 rings (SSSR count). The average molecular weight is 492 g/mol. The monoisotopic (exact) mass is 491 g/mol. The van der Waals surface area contributed by atoms with Crippen molar-refractivity contribution in [3.63, 3.8) is 0 Å². The summed E-state index contributed by atoms with van der Waals surface area (Å²) in [5, 5.41) is 7.27. The van der Waals surface area contributed by atoms with Gasteiger partial charge in [-0.2, -0.15) is 9.97 Å². The fourth-order valence-electron chi connectivity index (χ4n) is 4.45. The number of nitrogens with one attached hydrogen (secondary N) is 1. The summed E-state index contributed by atoms with van der Waals surface area (Å²) in [6, 6.07) is 9.89. The molecule has 9 nitrogen and oxygen atoms in total. The first-order chi connectivity index (χ1) is 17.1. The van der Waals surface area contributed by atoms with E-state index in [-0.39, 0.29) is 11.7 Å². The third kappa shape index (κ3) is 4.44. The lowest BCUT2D eigenvalue weighted by Gasteiger charge is -2.30. The van der Waals surface area contributed by atoms with E-state index in [1.165, 1.54) is 12.1 Å². The quantitative estimate of drug-likeness (QED) is 0.416. The fraction of sp³-hybridized carbons (Fsp3) is 0.292. The van der Waals surface area contributed by atoms with Crippen LogP contribution in [-0.4, -0.2) is 48.5 Å². The van der Waals surface area contributed by atoms with Crippen LogP contribution in [0.1, 0.15) is 30.3 Å². The first-order valence-electron chi connectivity index (χ1n) is 11.4. The summed E-state index contributed by atoms with van der Waals surface area (Å²) >= 11 is -1.18. The molecule has 0 saturated carbocycles. The minimum atomic E-state index is -1.18. The number of aryl methyl sites for hydroxylation is 1. The van der Waals surface area contributed by atoms with E-state index in [2.05, 4.69) is 25.3 Å². The number of fused-ring (bicyclic) bond motifs is 1. The van der Waals surface area contributed by atoms with Gasteiger partial charge in [0.05, 0.1) is 0 Å². The number of hydrogen-bond acceptors (Lipinski definition) is 9. The summed E-state index contributed by atoms with van der Waals surface area (Å²) in [6.07, 6.45) is 5.68.